The van der Waals surface area contributed by atoms with Crippen LogP contribution in [-0.2, 0) is 6.42 Å². The van der Waals surface area contributed by atoms with Gasteiger partial charge in [0, 0.05) is 6.07 Å². The van der Waals surface area contributed by atoms with Gasteiger partial charge in [-0.1, -0.05) is 41.5 Å². The second-order valence-corrected chi connectivity index (χ2v) is 6.40. The summed E-state index contributed by atoms with van der Waals surface area (Å²) in [5.41, 5.74) is 1.16. The van der Waals surface area contributed by atoms with Gasteiger partial charge in [-0.05, 0) is 29.9 Å². The third-order valence-electron chi connectivity index (χ3n) is 3.22. The molecule has 1 aromatic carbocycles. The average molecular weight is 310 g/mol. The van der Waals surface area contributed by atoms with Gasteiger partial charge in [0.25, 0.3) is 0 Å². The van der Waals surface area contributed by atoms with E-state index in [4.69, 9.17) is 14.2 Å². The number of rotatable bonds is 5. The Kier molecular flexibility index (Phi) is 7.01. The van der Waals surface area contributed by atoms with Crippen LogP contribution in [0.4, 0.5) is 0 Å². The molecule has 1 heterocycles. The minimum Gasteiger partial charge on any atom is -0.490 e. The van der Waals surface area contributed by atoms with Gasteiger partial charge in [-0.15, -0.1) is 0 Å². The second-order valence-electron chi connectivity index (χ2n) is 6.40. The predicted molar refractivity (Wildman–Crippen MR) is 88.9 cm³/mol. The van der Waals surface area contributed by atoms with Crippen molar-refractivity contribution in [1.29, 1.82) is 0 Å². The molecule has 4 heteroatoms. The summed E-state index contributed by atoms with van der Waals surface area (Å²) >= 11 is 0. The van der Waals surface area contributed by atoms with E-state index >= 15 is 0 Å². The van der Waals surface area contributed by atoms with Crippen molar-refractivity contribution in [3.8, 4) is 17.2 Å². The van der Waals surface area contributed by atoms with Gasteiger partial charge in [0.2, 0.25) is 6.79 Å². The average Bonchev–Trinajstić information content (AvgIpc) is 2.91. The molecule has 1 aliphatic rings. The Balaban J connectivity index is 0.00000116. The Hall–Kier alpha value is -1.42. The Bertz CT molecular complexity index is 463. The van der Waals surface area contributed by atoms with Crippen molar-refractivity contribution in [1.82, 2.24) is 0 Å². The molecule has 1 atom stereocenters. The Morgan fingerprint density at radius 1 is 1.18 bits per heavy atom. The lowest BCUT2D eigenvalue weighted by Crippen LogP contribution is -2.24. The van der Waals surface area contributed by atoms with Crippen LogP contribution in [0.2, 0.25) is 0 Å². The third-order valence-corrected chi connectivity index (χ3v) is 3.22. The summed E-state index contributed by atoms with van der Waals surface area (Å²) in [5.74, 6) is 2.25. The van der Waals surface area contributed by atoms with Gasteiger partial charge >= 0.3 is 0 Å². The smallest absolute Gasteiger partial charge is 0.231 e. The molecule has 0 aliphatic carbocycles. The van der Waals surface area contributed by atoms with Crippen LogP contribution in [0.1, 0.15) is 53.5 Å². The SMILES string of the molecule is CC.CCc1cc2c(cc1OCC(O)CC(C)(C)C)OCO2. The minimum absolute atomic E-state index is 0.0885. The molecule has 0 bridgehead atoms. The monoisotopic (exact) mass is 310 g/mol. The normalized spacial score (nSPS) is 14.1. The van der Waals surface area contributed by atoms with Gasteiger partial charge in [0.1, 0.15) is 12.4 Å². The maximum Gasteiger partial charge on any atom is 0.231 e. The molecule has 0 saturated carbocycles. The van der Waals surface area contributed by atoms with Gasteiger partial charge in [-0.2, -0.15) is 0 Å². The first kappa shape index (κ1) is 18.6. The van der Waals surface area contributed by atoms with Crippen LogP contribution in [0, 0.1) is 5.41 Å². The molecule has 0 saturated heterocycles. The van der Waals surface area contributed by atoms with Crippen molar-refractivity contribution in [2.75, 3.05) is 13.4 Å². The highest BCUT2D eigenvalue weighted by Crippen LogP contribution is 2.38. The molecule has 1 aromatic rings. The first-order valence-corrected chi connectivity index (χ1v) is 8.12. The van der Waals surface area contributed by atoms with E-state index in [1.807, 2.05) is 26.0 Å². The van der Waals surface area contributed by atoms with Crippen LogP contribution < -0.4 is 14.2 Å². The number of hydrogen-bond acceptors (Lipinski definition) is 4. The maximum atomic E-state index is 10.0. The molecule has 0 radical (unpaired) electrons. The standard InChI is InChI=1S/C16H24O4.C2H6/c1-5-11-6-14-15(20-10-19-14)7-13(11)18-9-12(17)8-16(2,3)4;1-2/h6-7,12,17H,5,8-10H2,1-4H3;1-2H3. The summed E-state index contributed by atoms with van der Waals surface area (Å²) in [5, 5.41) is 10.0. The summed E-state index contributed by atoms with van der Waals surface area (Å²) in [6.45, 7) is 12.9. The lowest BCUT2D eigenvalue weighted by molar-refractivity contribution is 0.0706. The number of ether oxygens (including phenoxy) is 3. The first-order chi connectivity index (χ1) is 10.4. The molecule has 1 unspecified atom stereocenters. The molecule has 4 nitrogen and oxygen atoms in total. The first-order valence-electron chi connectivity index (χ1n) is 8.12. The number of fused-ring (bicyclic) bond motifs is 1. The number of hydrogen-bond donors (Lipinski definition) is 1. The molecular formula is C18H30O4. The van der Waals surface area contributed by atoms with E-state index in [9.17, 15) is 5.11 Å². The van der Waals surface area contributed by atoms with E-state index in [-0.39, 0.29) is 12.2 Å². The summed E-state index contributed by atoms with van der Waals surface area (Å²) < 4.78 is 16.5. The molecule has 2 rings (SSSR count). The topological polar surface area (TPSA) is 47.9 Å². The zero-order valence-electron chi connectivity index (χ0n) is 14.7. The van der Waals surface area contributed by atoms with Gasteiger partial charge in [0.15, 0.2) is 11.5 Å². The fraction of sp³-hybridized carbons (Fsp3) is 0.667. The lowest BCUT2D eigenvalue weighted by atomic mass is 9.89. The zero-order chi connectivity index (χ0) is 16.8. The molecule has 1 aliphatic heterocycles. The maximum absolute atomic E-state index is 10.0. The molecule has 0 fully saturated rings. The van der Waals surface area contributed by atoms with E-state index in [0.29, 0.717) is 18.8 Å². The third kappa shape index (κ3) is 5.41. The van der Waals surface area contributed by atoms with Crippen LogP contribution in [0.5, 0.6) is 17.2 Å². The van der Waals surface area contributed by atoms with Crippen LogP contribution in [0.25, 0.3) is 0 Å². The highest BCUT2D eigenvalue weighted by molar-refractivity contribution is 5.51. The van der Waals surface area contributed by atoms with Crippen LogP contribution in [0.15, 0.2) is 12.1 Å². The number of benzene rings is 1. The highest BCUT2D eigenvalue weighted by atomic mass is 16.7. The van der Waals surface area contributed by atoms with E-state index in [0.717, 1.165) is 23.5 Å². The quantitative estimate of drug-likeness (QED) is 0.886. The van der Waals surface area contributed by atoms with Crippen molar-refractivity contribution in [2.24, 2.45) is 5.41 Å². The summed E-state index contributed by atoms with van der Waals surface area (Å²) in [6, 6.07) is 3.80. The fourth-order valence-electron chi connectivity index (χ4n) is 2.33. The molecule has 1 N–H and O–H groups in total. The largest absolute Gasteiger partial charge is 0.490 e. The summed E-state index contributed by atoms with van der Waals surface area (Å²) in [7, 11) is 0. The fourth-order valence-corrected chi connectivity index (χ4v) is 2.33. The number of aryl methyl sites for hydroxylation is 1. The van der Waals surface area contributed by atoms with Crippen molar-refractivity contribution < 1.29 is 19.3 Å². The molecule has 0 aromatic heterocycles. The summed E-state index contributed by atoms with van der Waals surface area (Å²) in [6.07, 6.45) is 1.09. The van der Waals surface area contributed by atoms with E-state index in [1.54, 1.807) is 0 Å². The van der Waals surface area contributed by atoms with Gasteiger partial charge in [-0.25, -0.2) is 0 Å². The predicted octanol–water partition coefficient (Wildman–Crippen LogP) is 4.18. The molecular weight excluding hydrogens is 280 g/mol. The van der Waals surface area contributed by atoms with E-state index < -0.39 is 6.10 Å². The van der Waals surface area contributed by atoms with Crippen LogP contribution in [-0.4, -0.2) is 24.6 Å². The Morgan fingerprint density at radius 2 is 1.77 bits per heavy atom. The van der Waals surface area contributed by atoms with Crippen molar-refractivity contribution in [3.63, 3.8) is 0 Å². The lowest BCUT2D eigenvalue weighted by Gasteiger charge is -2.22. The summed E-state index contributed by atoms with van der Waals surface area (Å²) in [4.78, 5) is 0. The van der Waals surface area contributed by atoms with Crippen molar-refractivity contribution in [2.45, 2.75) is 60.5 Å². The van der Waals surface area contributed by atoms with Crippen LogP contribution >= 0.6 is 0 Å². The molecule has 0 amide bonds. The van der Waals surface area contributed by atoms with Crippen LogP contribution in [0.3, 0.4) is 0 Å². The van der Waals surface area contributed by atoms with Gasteiger partial charge in [0.05, 0.1) is 6.10 Å². The van der Waals surface area contributed by atoms with E-state index in [2.05, 4.69) is 27.7 Å². The highest BCUT2D eigenvalue weighted by Gasteiger charge is 2.20. The number of aliphatic hydroxyl groups is 1. The second kappa shape index (κ2) is 8.28. The van der Waals surface area contributed by atoms with Crippen molar-refractivity contribution in [3.05, 3.63) is 17.7 Å². The molecule has 126 valence electrons. The Labute approximate surface area is 134 Å². The number of aliphatic hydroxyl groups excluding tert-OH is 1. The van der Waals surface area contributed by atoms with Gasteiger partial charge < -0.3 is 19.3 Å². The Morgan fingerprint density at radius 3 is 2.32 bits per heavy atom. The van der Waals surface area contributed by atoms with E-state index in [1.165, 1.54) is 0 Å². The molecule has 0 spiro atoms. The van der Waals surface area contributed by atoms with Gasteiger partial charge in [-0.3, -0.25) is 0 Å². The van der Waals surface area contributed by atoms with Crippen molar-refractivity contribution >= 4 is 0 Å². The molecule has 22 heavy (non-hydrogen) atoms. The zero-order valence-corrected chi connectivity index (χ0v) is 14.7. The minimum atomic E-state index is -0.467.